The van der Waals surface area contributed by atoms with Gasteiger partial charge in [-0.3, -0.25) is 4.79 Å². The second-order valence-electron chi connectivity index (χ2n) is 4.51. The Labute approximate surface area is 104 Å². The number of hydrogen-bond donors (Lipinski definition) is 1. The third-order valence-corrected chi connectivity index (χ3v) is 2.45. The van der Waals surface area contributed by atoms with Crippen LogP contribution in [0.1, 0.15) is 27.7 Å². The normalized spacial score (nSPS) is 10.2. The van der Waals surface area contributed by atoms with Gasteiger partial charge >= 0.3 is 6.03 Å². The third-order valence-electron chi connectivity index (χ3n) is 2.45. The van der Waals surface area contributed by atoms with Crippen LogP contribution in [0.5, 0.6) is 0 Å². The molecule has 0 heterocycles. The van der Waals surface area contributed by atoms with E-state index in [9.17, 15) is 9.59 Å². The highest BCUT2D eigenvalue weighted by atomic mass is 16.2. The summed E-state index contributed by atoms with van der Waals surface area (Å²) in [5, 5.41) is 2.79. The number of hydrogen-bond acceptors (Lipinski definition) is 2. The average Bonchev–Trinajstić information content (AvgIpc) is 2.27. The molecule has 0 saturated heterocycles. The van der Waals surface area contributed by atoms with Crippen molar-refractivity contribution in [1.29, 1.82) is 0 Å². The highest BCUT2D eigenvalue weighted by molar-refractivity contribution is 5.83. The summed E-state index contributed by atoms with van der Waals surface area (Å²) in [5.41, 5.74) is 0. The summed E-state index contributed by atoms with van der Waals surface area (Å²) >= 11 is 0. The Bertz CT molecular complexity index is 250. The van der Waals surface area contributed by atoms with Crippen molar-refractivity contribution in [3.8, 4) is 0 Å². The Balaban J connectivity index is 4.11. The van der Waals surface area contributed by atoms with Gasteiger partial charge in [0.15, 0.2) is 0 Å². The molecular weight excluding hydrogens is 218 g/mol. The minimum absolute atomic E-state index is 0.102. The maximum Gasteiger partial charge on any atom is 0.320 e. The Morgan fingerprint density at radius 3 is 2.12 bits per heavy atom. The molecule has 3 amide bonds. The van der Waals surface area contributed by atoms with Gasteiger partial charge in [-0.15, -0.1) is 0 Å². The molecule has 0 atom stereocenters. The molecule has 0 aromatic heterocycles. The van der Waals surface area contributed by atoms with E-state index in [0.29, 0.717) is 25.6 Å². The zero-order valence-electron chi connectivity index (χ0n) is 11.6. The van der Waals surface area contributed by atoms with E-state index >= 15 is 0 Å². The minimum atomic E-state index is -0.110. The van der Waals surface area contributed by atoms with Gasteiger partial charge in [0.1, 0.15) is 6.54 Å². The van der Waals surface area contributed by atoms with Gasteiger partial charge in [0.2, 0.25) is 5.91 Å². The molecule has 5 heteroatoms. The van der Waals surface area contributed by atoms with Gasteiger partial charge < -0.3 is 15.1 Å². The lowest BCUT2D eigenvalue weighted by molar-refractivity contribution is -0.121. The molecule has 0 spiro atoms. The maximum atomic E-state index is 11.9. The van der Waals surface area contributed by atoms with E-state index in [1.165, 1.54) is 4.90 Å². The van der Waals surface area contributed by atoms with Gasteiger partial charge in [-0.1, -0.05) is 13.8 Å². The van der Waals surface area contributed by atoms with Gasteiger partial charge in [0.05, 0.1) is 0 Å². The molecule has 0 saturated carbocycles. The molecule has 0 radical (unpaired) electrons. The largest absolute Gasteiger partial charge is 0.354 e. The number of carbonyl (C=O) groups is 2. The number of rotatable bonds is 6. The smallest absolute Gasteiger partial charge is 0.320 e. The summed E-state index contributed by atoms with van der Waals surface area (Å²) < 4.78 is 0. The summed E-state index contributed by atoms with van der Waals surface area (Å²) in [6.07, 6.45) is 0. The van der Waals surface area contributed by atoms with E-state index in [4.69, 9.17) is 0 Å². The standard InChI is InChI=1S/C12H25N3O2/c1-6-15(7-2)12(17)14(5)9-11(16)13-8-10(3)4/h10H,6-9H2,1-5H3,(H,13,16). The van der Waals surface area contributed by atoms with E-state index in [1.54, 1.807) is 11.9 Å². The molecule has 0 aliphatic rings. The first-order chi connectivity index (χ1) is 7.92. The van der Waals surface area contributed by atoms with Crippen LogP contribution in [0.25, 0.3) is 0 Å². The monoisotopic (exact) mass is 243 g/mol. The number of amides is 3. The molecule has 0 unspecified atom stereocenters. The van der Waals surface area contributed by atoms with Crippen LogP contribution in [-0.4, -0.2) is 55.0 Å². The topological polar surface area (TPSA) is 52.7 Å². The fourth-order valence-electron chi connectivity index (χ4n) is 1.39. The zero-order valence-corrected chi connectivity index (χ0v) is 11.6. The number of carbonyl (C=O) groups excluding carboxylic acids is 2. The second kappa shape index (κ2) is 7.92. The highest BCUT2D eigenvalue weighted by Gasteiger charge is 2.17. The van der Waals surface area contributed by atoms with Crippen LogP contribution in [0, 0.1) is 5.92 Å². The Hall–Kier alpha value is -1.26. The first-order valence-electron chi connectivity index (χ1n) is 6.19. The van der Waals surface area contributed by atoms with Crippen molar-refractivity contribution in [2.75, 3.05) is 33.2 Å². The molecule has 0 aromatic rings. The van der Waals surface area contributed by atoms with Crippen molar-refractivity contribution in [2.24, 2.45) is 5.92 Å². The summed E-state index contributed by atoms with van der Waals surface area (Å²) in [5.74, 6) is 0.310. The van der Waals surface area contributed by atoms with E-state index in [0.717, 1.165) is 0 Å². The van der Waals surface area contributed by atoms with Crippen molar-refractivity contribution < 1.29 is 9.59 Å². The van der Waals surface area contributed by atoms with E-state index in [2.05, 4.69) is 5.32 Å². The molecule has 0 aromatic carbocycles. The van der Waals surface area contributed by atoms with E-state index < -0.39 is 0 Å². The molecule has 17 heavy (non-hydrogen) atoms. The zero-order chi connectivity index (χ0) is 13.4. The molecule has 5 nitrogen and oxygen atoms in total. The average molecular weight is 243 g/mol. The molecule has 0 aliphatic heterocycles. The molecule has 1 N–H and O–H groups in total. The highest BCUT2D eigenvalue weighted by Crippen LogP contribution is 1.96. The minimum Gasteiger partial charge on any atom is -0.354 e. The van der Waals surface area contributed by atoms with Gasteiger partial charge in [-0.2, -0.15) is 0 Å². The number of nitrogens with zero attached hydrogens (tertiary/aromatic N) is 2. The van der Waals surface area contributed by atoms with Gasteiger partial charge in [0, 0.05) is 26.7 Å². The summed E-state index contributed by atoms with van der Waals surface area (Å²) in [4.78, 5) is 26.5. The Morgan fingerprint density at radius 1 is 1.18 bits per heavy atom. The van der Waals surface area contributed by atoms with Crippen molar-refractivity contribution in [2.45, 2.75) is 27.7 Å². The Morgan fingerprint density at radius 2 is 1.71 bits per heavy atom. The van der Waals surface area contributed by atoms with Crippen LogP contribution < -0.4 is 5.32 Å². The van der Waals surface area contributed by atoms with Crippen LogP contribution in [-0.2, 0) is 4.79 Å². The van der Waals surface area contributed by atoms with Crippen LogP contribution in [0.3, 0.4) is 0 Å². The van der Waals surface area contributed by atoms with E-state index in [1.807, 2.05) is 27.7 Å². The molecule has 0 fully saturated rings. The summed E-state index contributed by atoms with van der Waals surface area (Å²) in [7, 11) is 1.65. The van der Waals surface area contributed by atoms with Crippen molar-refractivity contribution in [3.63, 3.8) is 0 Å². The van der Waals surface area contributed by atoms with Crippen LogP contribution >= 0.6 is 0 Å². The maximum absolute atomic E-state index is 11.9. The summed E-state index contributed by atoms with van der Waals surface area (Å²) in [6.45, 7) is 9.99. The molecular formula is C12H25N3O2. The first-order valence-corrected chi connectivity index (χ1v) is 6.19. The predicted molar refractivity (Wildman–Crippen MR) is 68.8 cm³/mol. The quantitative estimate of drug-likeness (QED) is 0.761. The van der Waals surface area contributed by atoms with Crippen LogP contribution in [0.4, 0.5) is 4.79 Å². The molecule has 0 bridgehead atoms. The number of nitrogens with one attached hydrogen (secondary N) is 1. The number of urea groups is 1. The lowest BCUT2D eigenvalue weighted by atomic mass is 10.2. The third kappa shape index (κ3) is 6.14. The van der Waals surface area contributed by atoms with E-state index in [-0.39, 0.29) is 18.5 Å². The SMILES string of the molecule is CCN(CC)C(=O)N(C)CC(=O)NCC(C)C. The molecule has 0 aliphatic carbocycles. The fourth-order valence-corrected chi connectivity index (χ4v) is 1.39. The van der Waals surface area contributed by atoms with Gasteiger partial charge in [-0.25, -0.2) is 4.79 Å². The molecule has 0 rings (SSSR count). The van der Waals surface area contributed by atoms with Crippen molar-refractivity contribution >= 4 is 11.9 Å². The fraction of sp³-hybridized carbons (Fsp3) is 0.833. The lowest BCUT2D eigenvalue weighted by Gasteiger charge is -2.25. The second-order valence-corrected chi connectivity index (χ2v) is 4.51. The van der Waals surface area contributed by atoms with Gasteiger partial charge in [-0.05, 0) is 19.8 Å². The van der Waals surface area contributed by atoms with Crippen molar-refractivity contribution in [1.82, 2.24) is 15.1 Å². The predicted octanol–water partition coefficient (Wildman–Crippen LogP) is 1.15. The first kappa shape index (κ1) is 15.7. The van der Waals surface area contributed by atoms with Crippen molar-refractivity contribution in [3.05, 3.63) is 0 Å². The lowest BCUT2D eigenvalue weighted by Crippen LogP contribution is -2.45. The Kier molecular flexibility index (Phi) is 7.34. The molecule has 100 valence electrons. The number of likely N-dealkylation sites (N-methyl/N-ethyl adjacent to an activating group) is 1. The van der Waals surface area contributed by atoms with Gasteiger partial charge in [0.25, 0.3) is 0 Å². The van der Waals surface area contributed by atoms with Crippen LogP contribution in [0.15, 0.2) is 0 Å². The van der Waals surface area contributed by atoms with Crippen LogP contribution in [0.2, 0.25) is 0 Å². The summed E-state index contributed by atoms with van der Waals surface area (Å²) in [6, 6.07) is -0.102.